The van der Waals surface area contributed by atoms with Gasteiger partial charge in [0, 0.05) is 6.54 Å². The Morgan fingerprint density at radius 3 is 2.47 bits per heavy atom. The van der Waals surface area contributed by atoms with E-state index in [1.54, 1.807) is 13.8 Å². The van der Waals surface area contributed by atoms with E-state index >= 15 is 0 Å². The second-order valence-electron chi connectivity index (χ2n) is 4.19. The molecular formula is C11H24N2O2. The van der Waals surface area contributed by atoms with Crippen molar-refractivity contribution in [3.8, 4) is 0 Å². The van der Waals surface area contributed by atoms with E-state index in [2.05, 4.69) is 11.8 Å². The van der Waals surface area contributed by atoms with Gasteiger partial charge in [-0.05, 0) is 40.3 Å². The number of ether oxygens (including phenoxy) is 1. The molecule has 0 aromatic rings. The lowest BCUT2D eigenvalue weighted by molar-refractivity contribution is -0.149. The van der Waals surface area contributed by atoms with E-state index in [9.17, 15) is 4.79 Å². The van der Waals surface area contributed by atoms with E-state index in [1.165, 1.54) is 0 Å². The summed E-state index contributed by atoms with van der Waals surface area (Å²) in [5.74, 6) is -0.310. The van der Waals surface area contributed by atoms with E-state index in [4.69, 9.17) is 10.5 Å². The van der Waals surface area contributed by atoms with Crippen LogP contribution in [0.25, 0.3) is 0 Å². The summed E-state index contributed by atoms with van der Waals surface area (Å²) in [6, 6.07) is 0. The minimum Gasteiger partial charge on any atom is -0.465 e. The summed E-state index contributed by atoms with van der Waals surface area (Å²) in [7, 11) is 2.03. The maximum atomic E-state index is 11.5. The third-order valence-electron chi connectivity index (χ3n) is 2.36. The van der Waals surface area contributed by atoms with Crippen LogP contribution in [0, 0.1) is 0 Å². The highest BCUT2D eigenvalue weighted by molar-refractivity contribution is 5.79. The number of nitrogens with two attached hydrogens (primary N) is 1. The number of hydrogen-bond acceptors (Lipinski definition) is 4. The molecule has 90 valence electrons. The van der Waals surface area contributed by atoms with Crippen LogP contribution < -0.4 is 5.73 Å². The van der Waals surface area contributed by atoms with Crippen molar-refractivity contribution in [2.45, 2.75) is 39.2 Å². The predicted octanol–water partition coefficient (Wildman–Crippen LogP) is 0.999. The largest absolute Gasteiger partial charge is 0.465 e. The van der Waals surface area contributed by atoms with Crippen LogP contribution in [0.1, 0.15) is 33.6 Å². The lowest BCUT2D eigenvalue weighted by atomic mass is 9.99. The minimum atomic E-state index is -0.863. The Hall–Kier alpha value is -0.610. The molecule has 0 rings (SSSR count). The van der Waals surface area contributed by atoms with Crippen molar-refractivity contribution in [2.24, 2.45) is 5.73 Å². The molecule has 1 atom stereocenters. The van der Waals surface area contributed by atoms with Gasteiger partial charge < -0.3 is 15.4 Å². The van der Waals surface area contributed by atoms with E-state index in [0.717, 1.165) is 19.5 Å². The molecular weight excluding hydrogens is 192 g/mol. The molecule has 0 aliphatic rings. The van der Waals surface area contributed by atoms with E-state index < -0.39 is 5.54 Å². The van der Waals surface area contributed by atoms with Crippen molar-refractivity contribution in [2.75, 3.05) is 26.7 Å². The number of hydrogen-bond donors (Lipinski definition) is 1. The van der Waals surface area contributed by atoms with Gasteiger partial charge in [-0.3, -0.25) is 4.79 Å². The van der Waals surface area contributed by atoms with Gasteiger partial charge in [-0.1, -0.05) is 6.92 Å². The average Bonchev–Trinajstić information content (AvgIpc) is 2.16. The molecule has 0 saturated carbocycles. The van der Waals surface area contributed by atoms with E-state index in [1.807, 2.05) is 7.05 Å². The molecule has 0 fully saturated rings. The maximum absolute atomic E-state index is 11.5. The fourth-order valence-electron chi connectivity index (χ4n) is 1.31. The summed E-state index contributed by atoms with van der Waals surface area (Å²) in [5.41, 5.74) is 5.03. The first-order valence-electron chi connectivity index (χ1n) is 5.58. The Labute approximate surface area is 92.8 Å². The number of carbonyl (C=O) groups excluding carboxylic acids is 1. The summed E-state index contributed by atoms with van der Waals surface area (Å²) in [5, 5.41) is 0. The topological polar surface area (TPSA) is 55.6 Å². The van der Waals surface area contributed by atoms with Gasteiger partial charge in [-0.25, -0.2) is 0 Å². The molecule has 0 aromatic carbocycles. The fraction of sp³-hybridized carbons (Fsp3) is 0.909. The highest BCUT2D eigenvalue weighted by Crippen LogP contribution is 2.09. The molecule has 0 aliphatic heterocycles. The van der Waals surface area contributed by atoms with Crippen LogP contribution >= 0.6 is 0 Å². The Morgan fingerprint density at radius 1 is 1.40 bits per heavy atom. The predicted molar refractivity (Wildman–Crippen MR) is 61.6 cm³/mol. The Bertz CT molecular complexity index is 193. The van der Waals surface area contributed by atoms with Gasteiger partial charge >= 0.3 is 5.97 Å². The summed E-state index contributed by atoms with van der Waals surface area (Å²) in [6.45, 7) is 7.88. The van der Waals surface area contributed by atoms with Crippen molar-refractivity contribution in [1.82, 2.24) is 4.90 Å². The second kappa shape index (κ2) is 6.80. The monoisotopic (exact) mass is 216 g/mol. The zero-order chi connectivity index (χ0) is 11.9. The highest BCUT2D eigenvalue weighted by Gasteiger charge is 2.29. The van der Waals surface area contributed by atoms with Gasteiger partial charge in [0.15, 0.2) is 0 Å². The smallest absolute Gasteiger partial charge is 0.325 e. The third kappa shape index (κ3) is 5.74. The third-order valence-corrected chi connectivity index (χ3v) is 2.36. The average molecular weight is 216 g/mol. The summed E-state index contributed by atoms with van der Waals surface area (Å²) >= 11 is 0. The lowest BCUT2D eigenvalue weighted by Gasteiger charge is -2.25. The van der Waals surface area contributed by atoms with Gasteiger partial charge in [-0.2, -0.15) is 0 Å². The van der Waals surface area contributed by atoms with Crippen LogP contribution in [0.2, 0.25) is 0 Å². The Morgan fingerprint density at radius 2 is 2.00 bits per heavy atom. The molecule has 1 unspecified atom stereocenters. The molecule has 0 radical (unpaired) electrons. The number of rotatable bonds is 7. The number of nitrogens with zero attached hydrogens (tertiary/aromatic N) is 1. The molecule has 2 N–H and O–H groups in total. The first-order chi connectivity index (χ1) is 6.94. The van der Waals surface area contributed by atoms with Crippen LogP contribution in [0.15, 0.2) is 0 Å². The van der Waals surface area contributed by atoms with Crippen LogP contribution in [0.5, 0.6) is 0 Å². The van der Waals surface area contributed by atoms with E-state index in [0.29, 0.717) is 13.0 Å². The summed E-state index contributed by atoms with van der Waals surface area (Å²) < 4.78 is 4.92. The first kappa shape index (κ1) is 14.4. The molecule has 0 bridgehead atoms. The van der Waals surface area contributed by atoms with Crippen LogP contribution in [-0.4, -0.2) is 43.2 Å². The summed E-state index contributed by atoms with van der Waals surface area (Å²) in [4.78, 5) is 13.6. The molecule has 0 aromatic heterocycles. The van der Waals surface area contributed by atoms with Crippen molar-refractivity contribution in [3.63, 3.8) is 0 Å². The van der Waals surface area contributed by atoms with Gasteiger partial charge in [0.1, 0.15) is 5.54 Å². The maximum Gasteiger partial charge on any atom is 0.325 e. The lowest BCUT2D eigenvalue weighted by Crippen LogP contribution is -2.48. The quantitative estimate of drug-likeness (QED) is 0.645. The van der Waals surface area contributed by atoms with Crippen molar-refractivity contribution >= 4 is 5.97 Å². The van der Waals surface area contributed by atoms with Gasteiger partial charge in [0.25, 0.3) is 0 Å². The van der Waals surface area contributed by atoms with Crippen LogP contribution in [0.4, 0.5) is 0 Å². The zero-order valence-corrected chi connectivity index (χ0v) is 10.4. The standard InChI is InChI=1S/C11H24N2O2/c1-5-8-13(4)9-7-11(3,12)10(14)15-6-2/h5-9,12H2,1-4H3. The molecule has 0 aliphatic carbocycles. The number of esters is 1. The second-order valence-corrected chi connectivity index (χ2v) is 4.19. The molecule has 4 nitrogen and oxygen atoms in total. The van der Waals surface area contributed by atoms with Crippen molar-refractivity contribution in [1.29, 1.82) is 0 Å². The van der Waals surface area contributed by atoms with Crippen molar-refractivity contribution in [3.05, 3.63) is 0 Å². The van der Waals surface area contributed by atoms with E-state index in [-0.39, 0.29) is 5.97 Å². The van der Waals surface area contributed by atoms with Gasteiger partial charge in [-0.15, -0.1) is 0 Å². The van der Waals surface area contributed by atoms with Crippen molar-refractivity contribution < 1.29 is 9.53 Å². The zero-order valence-electron chi connectivity index (χ0n) is 10.4. The fourth-order valence-corrected chi connectivity index (χ4v) is 1.31. The summed E-state index contributed by atoms with van der Waals surface area (Å²) in [6.07, 6.45) is 1.74. The first-order valence-corrected chi connectivity index (χ1v) is 5.58. The molecule has 0 saturated heterocycles. The van der Waals surface area contributed by atoms with Gasteiger partial charge in [0.2, 0.25) is 0 Å². The van der Waals surface area contributed by atoms with Crippen LogP contribution in [0.3, 0.4) is 0 Å². The van der Waals surface area contributed by atoms with Crippen LogP contribution in [-0.2, 0) is 9.53 Å². The van der Waals surface area contributed by atoms with Gasteiger partial charge in [0.05, 0.1) is 6.61 Å². The Kier molecular flexibility index (Phi) is 6.52. The SMILES string of the molecule is CCCN(C)CCC(C)(N)C(=O)OCC. The molecule has 0 amide bonds. The minimum absolute atomic E-state index is 0.310. The molecule has 0 heterocycles. The molecule has 0 spiro atoms. The highest BCUT2D eigenvalue weighted by atomic mass is 16.5. The molecule has 15 heavy (non-hydrogen) atoms. The molecule has 4 heteroatoms. The normalized spacial score (nSPS) is 15.1. The Balaban J connectivity index is 3.97. The number of carbonyl (C=O) groups is 1.